The van der Waals surface area contributed by atoms with Gasteiger partial charge in [0.2, 0.25) is 0 Å². The molecular formula is C21H22N6O. The van der Waals surface area contributed by atoms with Crippen LogP contribution < -0.4 is 10.1 Å². The fraction of sp³-hybridized carbons (Fsp3) is 0.238. The van der Waals surface area contributed by atoms with Gasteiger partial charge in [-0.05, 0) is 31.2 Å². The molecule has 0 saturated heterocycles. The molecule has 1 N–H and O–H groups in total. The van der Waals surface area contributed by atoms with Crippen LogP contribution in [0.15, 0.2) is 48.5 Å². The first-order chi connectivity index (χ1) is 13.7. The summed E-state index contributed by atoms with van der Waals surface area (Å²) in [6, 6.07) is 16.0. The van der Waals surface area contributed by atoms with Gasteiger partial charge in [0.1, 0.15) is 23.1 Å². The molecule has 7 heteroatoms. The molecule has 0 spiro atoms. The Morgan fingerprint density at radius 2 is 1.68 bits per heavy atom. The Balaban J connectivity index is 1.60. The zero-order valence-electron chi connectivity index (χ0n) is 16.2. The van der Waals surface area contributed by atoms with Gasteiger partial charge in [-0.2, -0.15) is 0 Å². The number of benzene rings is 2. The molecule has 0 bridgehead atoms. The second-order valence-corrected chi connectivity index (χ2v) is 6.57. The molecule has 2 heterocycles. The highest BCUT2D eigenvalue weighted by molar-refractivity contribution is 6.00. The maximum Gasteiger partial charge on any atom is 0.156 e. The molecule has 0 aliphatic carbocycles. The smallest absolute Gasteiger partial charge is 0.156 e. The summed E-state index contributed by atoms with van der Waals surface area (Å²) in [5, 5.41) is 22.7. The number of anilines is 1. The molecule has 0 aliphatic heterocycles. The lowest BCUT2D eigenvalue weighted by atomic mass is 10.0. The molecule has 0 amide bonds. The van der Waals surface area contributed by atoms with Gasteiger partial charge in [0.15, 0.2) is 5.82 Å². The van der Waals surface area contributed by atoms with Gasteiger partial charge >= 0.3 is 0 Å². The Morgan fingerprint density at radius 1 is 0.929 bits per heavy atom. The molecular weight excluding hydrogens is 352 g/mol. The Morgan fingerprint density at radius 3 is 2.36 bits per heavy atom. The lowest BCUT2D eigenvalue weighted by Crippen LogP contribution is -2.11. The van der Waals surface area contributed by atoms with Crippen molar-refractivity contribution in [3.05, 3.63) is 60.2 Å². The summed E-state index contributed by atoms with van der Waals surface area (Å²) < 4.78 is 7.24. The summed E-state index contributed by atoms with van der Waals surface area (Å²) in [5.74, 6) is 3.44. The lowest BCUT2D eigenvalue weighted by Gasteiger charge is -2.11. The van der Waals surface area contributed by atoms with Crippen LogP contribution in [0.5, 0.6) is 5.75 Å². The fourth-order valence-corrected chi connectivity index (χ4v) is 3.16. The molecule has 0 fully saturated rings. The van der Waals surface area contributed by atoms with Crippen LogP contribution in [0.1, 0.15) is 11.6 Å². The predicted molar refractivity (Wildman–Crippen MR) is 109 cm³/mol. The van der Waals surface area contributed by atoms with E-state index in [1.807, 2.05) is 54.9 Å². The highest BCUT2D eigenvalue weighted by atomic mass is 16.5. The molecule has 7 nitrogen and oxygen atoms in total. The van der Waals surface area contributed by atoms with Gasteiger partial charge in [-0.25, -0.2) is 0 Å². The highest BCUT2D eigenvalue weighted by Crippen LogP contribution is 2.30. The van der Waals surface area contributed by atoms with E-state index in [-0.39, 0.29) is 0 Å². The van der Waals surface area contributed by atoms with E-state index in [0.717, 1.165) is 51.7 Å². The first-order valence-electron chi connectivity index (χ1n) is 9.16. The maximum atomic E-state index is 5.24. The second kappa shape index (κ2) is 7.64. The van der Waals surface area contributed by atoms with Crippen molar-refractivity contribution in [1.29, 1.82) is 0 Å². The van der Waals surface area contributed by atoms with Gasteiger partial charge in [-0.3, -0.25) is 0 Å². The number of hydrogen-bond donors (Lipinski definition) is 1. The van der Waals surface area contributed by atoms with E-state index in [4.69, 9.17) is 4.74 Å². The van der Waals surface area contributed by atoms with E-state index in [1.54, 1.807) is 7.11 Å². The minimum absolute atomic E-state index is 0.701. The Kier molecular flexibility index (Phi) is 4.89. The minimum atomic E-state index is 0.701. The van der Waals surface area contributed by atoms with Crippen LogP contribution in [-0.4, -0.2) is 38.6 Å². The SMILES string of the molecule is COc1ccc(-c2nnc(NCCc3nnc(C)n3C)c3ccccc23)cc1. The molecule has 28 heavy (non-hydrogen) atoms. The van der Waals surface area contributed by atoms with Crippen LogP contribution in [0.4, 0.5) is 5.82 Å². The molecule has 0 saturated carbocycles. The normalized spacial score (nSPS) is 11.0. The Bertz CT molecular complexity index is 1100. The van der Waals surface area contributed by atoms with Crippen LogP contribution in [0, 0.1) is 6.92 Å². The van der Waals surface area contributed by atoms with Crippen molar-refractivity contribution in [2.45, 2.75) is 13.3 Å². The van der Waals surface area contributed by atoms with Crippen molar-refractivity contribution in [2.75, 3.05) is 19.0 Å². The van der Waals surface area contributed by atoms with Gasteiger partial charge in [-0.15, -0.1) is 20.4 Å². The quantitative estimate of drug-likeness (QED) is 0.557. The Labute approximate surface area is 163 Å². The van der Waals surface area contributed by atoms with Crippen molar-refractivity contribution in [1.82, 2.24) is 25.0 Å². The zero-order valence-corrected chi connectivity index (χ0v) is 16.2. The molecule has 0 radical (unpaired) electrons. The van der Waals surface area contributed by atoms with E-state index in [2.05, 4.69) is 37.8 Å². The van der Waals surface area contributed by atoms with Gasteiger partial charge in [0, 0.05) is 36.3 Å². The molecule has 0 atom stereocenters. The van der Waals surface area contributed by atoms with Crippen LogP contribution >= 0.6 is 0 Å². The van der Waals surface area contributed by atoms with Gasteiger partial charge in [0.25, 0.3) is 0 Å². The number of aryl methyl sites for hydroxylation is 1. The molecule has 2 aromatic carbocycles. The van der Waals surface area contributed by atoms with Crippen molar-refractivity contribution in [2.24, 2.45) is 7.05 Å². The predicted octanol–water partition coefficient (Wildman–Crippen LogP) is 3.40. The lowest BCUT2D eigenvalue weighted by molar-refractivity contribution is 0.415. The van der Waals surface area contributed by atoms with Crippen molar-refractivity contribution in [3.8, 4) is 17.0 Å². The number of hydrogen-bond acceptors (Lipinski definition) is 6. The summed E-state index contributed by atoms with van der Waals surface area (Å²) in [7, 11) is 3.64. The first kappa shape index (κ1) is 17.9. The summed E-state index contributed by atoms with van der Waals surface area (Å²) in [6.07, 6.45) is 0.758. The third-order valence-electron chi connectivity index (χ3n) is 4.87. The fourth-order valence-electron chi connectivity index (χ4n) is 3.16. The number of nitrogens with one attached hydrogen (secondary N) is 1. The topological polar surface area (TPSA) is 77.8 Å². The molecule has 4 rings (SSSR count). The second-order valence-electron chi connectivity index (χ2n) is 6.57. The van der Waals surface area contributed by atoms with E-state index < -0.39 is 0 Å². The van der Waals surface area contributed by atoms with Crippen molar-refractivity contribution < 1.29 is 4.74 Å². The highest BCUT2D eigenvalue weighted by Gasteiger charge is 2.11. The van der Waals surface area contributed by atoms with Gasteiger partial charge in [-0.1, -0.05) is 24.3 Å². The third kappa shape index (κ3) is 3.38. The summed E-state index contributed by atoms with van der Waals surface area (Å²) in [5.41, 5.74) is 1.86. The van der Waals surface area contributed by atoms with Crippen LogP contribution in [-0.2, 0) is 13.5 Å². The molecule has 0 aliphatic rings. The van der Waals surface area contributed by atoms with Gasteiger partial charge < -0.3 is 14.6 Å². The van der Waals surface area contributed by atoms with E-state index in [0.29, 0.717) is 6.54 Å². The Hall–Kier alpha value is -3.48. The molecule has 2 aromatic heterocycles. The van der Waals surface area contributed by atoms with E-state index in [1.165, 1.54) is 0 Å². The van der Waals surface area contributed by atoms with Crippen molar-refractivity contribution >= 4 is 16.6 Å². The number of ether oxygens (including phenoxy) is 1. The number of aromatic nitrogens is 5. The van der Waals surface area contributed by atoms with E-state index in [9.17, 15) is 0 Å². The maximum absolute atomic E-state index is 5.24. The summed E-state index contributed by atoms with van der Waals surface area (Å²) >= 11 is 0. The van der Waals surface area contributed by atoms with Gasteiger partial charge in [0.05, 0.1) is 7.11 Å². The first-order valence-corrected chi connectivity index (χ1v) is 9.16. The average molecular weight is 374 g/mol. The molecule has 0 unspecified atom stereocenters. The monoisotopic (exact) mass is 374 g/mol. The zero-order chi connectivity index (χ0) is 19.5. The molecule has 4 aromatic rings. The van der Waals surface area contributed by atoms with Crippen LogP contribution in [0.2, 0.25) is 0 Å². The average Bonchev–Trinajstić information content (AvgIpc) is 3.06. The third-order valence-corrected chi connectivity index (χ3v) is 4.87. The minimum Gasteiger partial charge on any atom is -0.497 e. The molecule has 142 valence electrons. The largest absolute Gasteiger partial charge is 0.497 e. The van der Waals surface area contributed by atoms with E-state index >= 15 is 0 Å². The summed E-state index contributed by atoms with van der Waals surface area (Å²) in [4.78, 5) is 0. The van der Waals surface area contributed by atoms with Crippen LogP contribution in [0.3, 0.4) is 0 Å². The van der Waals surface area contributed by atoms with Crippen LogP contribution in [0.25, 0.3) is 22.0 Å². The summed E-state index contributed by atoms with van der Waals surface area (Å²) in [6.45, 7) is 2.65. The number of rotatable bonds is 6. The number of fused-ring (bicyclic) bond motifs is 1. The number of nitrogens with zero attached hydrogens (tertiary/aromatic N) is 5. The standard InChI is InChI=1S/C21H22N6O/c1-14-23-24-19(27(14)2)12-13-22-21-18-7-5-4-6-17(18)20(25-26-21)15-8-10-16(28-3)11-9-15/h4-11H,12-13H2,1-3H3,(H,22,26). The van der Waals surface area contributed by atoms with Crippen molar-refractivity contribution in [3.63, 3.8) is 0 Å². The number of methoxy groups -OCH3 is 1.